The summed E-state index contributed by atoms with van der Waals surface area (Å²) in [7, 11) is 0. The molecular formula is C14H16N2S. The van der Waals surface area contributed by atoms with Crippen LogP contribution < -0.4 is 5.73 Å². The van der Waals surface area contributed by atoms with Gasteiger partial charge in [-0.2, -0.15) is 0 Å². The van der Waals surface area contributed by atoms with Gasteiger partial charge in [0, 0.05) is 16.1 Å². The SMILES string of the molecule is Cc1cc(-c2nc3c(s2)CCCC3)ccc1N. The van der Waals surface area contributed by atoms with Crippen molar-refractivity contribution < 1.29 is 0 Å². The van der Waals surface area contributed by atoms with Crippen LogP contribution in [-0.4, -0.2) is 4.98 Å². The summed E-state index contributed by atoms with van der Waals surface area (Å²) >= 11 is 1.85. The van der Waals surface area contributed by atoms with Crippen LogP contribution in [0.25, 0.3) is 10.6 Å². The molecule has 2 aromatic rings. The highest BCUT2D eigenvalue weighted by Gasteiger charge is 2.15. The van der Waals surface area contributed by atoms with Crippen molar-refractivity contribution in [1.29, 1.82) is 0 Å². The predicted octanol–water partition coefficient (Wildman–Crippen LogP) is 3.58. The first-order chi connectivity index (χ1) is 8.24. The Labute approximate surface area is 106 Å². The van der Waals surface area contributed by atoms with Crippen molar-refractivity contribution in [2.75, 3.05) is 5.73 Å². The van der Waals surface area contributed by atoms with Crippen LogP contribution in [0.15, 0.2) is 18.2 Å². The van der Waals surface area contributed by atoms with Gasteiger partial charge < -0.3 is 5.73 Å². The fraction of sp³-hybridized carbons (Fsp3) is 0.357. The average molecular weight is 244 g/mol. The minimum absolute atomic E-state index is 0.857. The van der Waals surface area contributed by atoms with Gasteiger partial charge in [-0.05, 0) is 56.4 Å². The Hall–Kier alpha value is -1.35. The number of thiazole rings is 1. The molecule has 1 heterocycles. The fourth-order valence-corrected chi connectivity index (χ4v) is 3.43. The summed E-state index contributed by atoms with van der Waals surface area (Å²) < 4.78 is 0. The standard InChI is InChI=1S/C14H16N2S/c1-9-8-10(6-7-11(9)15)14-16-12-4-2-3-5-13(12)17-14/h6-8H,2-5,15H2,1H3. The van der Waals surface area contributed by atoms with E-state index in [9.17, 15) is 0 Å². The van der Waals surface area contributed by atoms with Crippen LogP contribution in [0.1, 0.15) is 29.0 Å². The molecule has 3 heteroatoms. The van der Waals surface area contributed by atoms with Crippen LogP contribution in [0.4, 0.5) is 5.69 Å². The first-order valence-corrected chi connectivity index (χ1v) is 6.91. The number of anilines is 1. The minimum Gasteiger partial charge on any atom is -0.399 e. The van der Waals surface area contributed by atoms with Gasteiger partial charge in [0.2, 0.25) is 0 Å². The monoisotopic (exact) mass is 244 g/mol. The van der Waals surface area contributed by atoms with E-state index in [2.05, 4.69) is 12.1 Å². The van der Waals surface area contributed by atoms with Crippen LogP contribution in [0.5, 0.6) is 0 Å². The third kappa shape index (κ3) is 1.95. The number of aryl methyl sites for hydroxylation is 3. The highest BCUT2D eigenvalue weighted by atomic mass is 32.1. The van der Waals surface area contributed by atoms with Crippen molar-refractivity contribution in [3.8, 4) is 10.6 Å². The molecule has 1 aromatic heterocycles. The van der Waals surface area contributed by atoms with Crippen LogP contribution in [0.3, 0.4) is 0 Å². The highest BCUT2D eigenvalue weighted by Crippen LogP contribution is 2.33. The topological polar surface area (TPSA) is 38.9 Å². The van der Waals surface area contributed by atoms with Gasteiger partial charge in [0.15, 0.2) is 0 Å². The van der Waals surface area contributed by atoms with Gasteiger partial charge in [0.1, 0.15) is 5.01 Å². The van der Waals surface area contributed by atoms with Crippen LogP contribution >= 0.6 is 11.3 Å². The van der Waals surface area contributed by atoms with E-state index < -0.39 is 0 Å². The number of rotatable bonds is 1. The number of benzene rings is 1. The molecule has 0 atom stereocenters. The van der Waals surface area contributed by atoms with Crippen molar-refractivity contribution in [2.45, 2.75) is 32.6 Å². The first-order valence-electron chi connectivity index (χ1n) is 6.09. The summed E-state index contributed by atoms with van der Waals surface area (Å²) in [5.41, 5.74) is 10.4. The van der Waals surface area contributed by atoms with E-state index in [-0.39, 0.29) is 0 Å². The van der Waals surface area contributed by atoms with E-state index in [4.69, 9.17) is 10.7 Å². The zero-order valence-corrected chi connectivity index (χ0v) is 10.8. The van der Waals surface area contributed by atoms with E-state index >= 15 is 0 Å². The molecule has 2 nitrogen and oxygen atoms in total. The van der Waals surface area contributed by atoms with Gasteiger partial charge in [-0.1, -0.05) is 0 Å². The summed E-state index contributed by atoms with van der Waals surface area (Å²) in [5.74, 6) is 0. The molecule has 3 rings (SSSR count). The lowest BCUT2D eigenvalue weighted by atomic mass is 10.0. The molecule has 0 saturated carbocycles. The highest BCUT2D eigenvalue weighted by molar-refractivity contribution is 7.15. The smallest absolute Gasteiger partial charge is 0.123 e. The molecule has 17 heavy (non-hydrogen) atoms. The fourth-order valence-electron chi connectivity index (χ4n) is 2.28. The van der Waals surface area contributed by atoms with Gasteiger partial charge in [0.05, 0.1) is 5.69 Å². The average Bonchev–Trinajstić information content (AvgIpc) is 2.76. The van der Waals surface area contributed by atoms with Gasteiger partial charge in [-0.3, -0.25) is 0 Å². The van der Waals surface area contributed by atoms with Crippen molar-refractivity contribution in [1.82, 2.24) is 4.98 Å². The second kappa shape index (κ2) is 4.15. The zero-order valence-electron chi connectivity index (χ0n) is 9.99. The Balaban J connectivity index is 2.03. The molecule has 1 aliphatic carbocycles. The Morgan fingerprint density at radius 3 is 2.82 bits per heavy atom. The van der Waals surface area contributed by atoms with E-state index in [0.29, 0.717) is 0 Å². The molecule has 0 saturated heterocycles. The predicted molar refractivity (Wildman–Crippen MR) is 73.3 cm³/mol. The number of hydrogen-bond donors (Lipinski definition) is 1. The molecule has 0 bridgehead atoms. The van der Waals surface area contributed by atoms with Crippen molar-refractivity contribution in [3.05, 3.63) is 34.3 Å². The third-order valence-electron chi connectivity index (χ3n) is 3.36. The number of nitrogens with zero attached hydrogens (tertiary/aromatic N) is 1. The van der Waals surface area contributed by atoms with Crippen molar-refractivity contribution in [2.24, 2.45) is 0 Å². The van der Waals surface area contributed by atoms with Gasteiger partial charge >= 0.3 is 0 Å². The molecule has 1 aromatic carbocycles. The summed E-state index contributed by atoms with van der Waals surface area (Å²) in [4.78, 5) is 6.26. The second-order valence-electron chi connectivity index (χ2n) is 4.67. The number of nitrogens with two attached hydrogens (primary N) is 1. The van der Waals surface area contributed by atoms with Crippen LogP contribution in [0.2, 0.25) is 0 Å². The Kier molecular flexibility index (Phi) is 2.63. The van der Waals surface area contributed by atoms with Gasteiger partial charge in [0.25, 0.3) is 0 Å². The zero-order chi connectivity index (χ0) is 11.8. The number of nitrogen functional groups attached to an aromatic ring is 1. The number of hydrogen-bond acceptors (Lipinski definition) is 3. The van der Waals surface area contributed by atoms with Crippen LogP contribution in [0, 0.1) is 6.92 Å². The van der Waals surface area contributed by atoms with Crippen LogP contribution in [-0.2, 0) is 12.8 Å². The maximum absolute atomic E-state index is 5.85. The molecule has 0 fully saturated rings. The Morgan fingerprint density at radius 2 is 2.06 bits per heavy atom. The molecule has 0 unspecified atom stereocenters. The summed E-state index contributed by atoms with van der Waals surface area (Å²) in [6.07, 6.45) is 4.97. The number of aromatic nitrogens is 1. The quantitative estimate of drug-likeness (QED) is 0.779. The number of fused-ring (bicyclic) bond motifs is 1. The maximum Gasteiger partial charge on any atom is 0.123 e. The molecule has 88 valence electrons. The third-order valence-corrected chi connectivity index (χ3v) is 4.57. The van der Waals surface area contributed by atoms with Crippen molar-refractivity contribution >= 4 is 17.0 Å². The largest absolute Gasteiger partial charge is 0.399 e. The van der Waals surface area contributed by atoms with E-state index in [1.165, 1.54) is 35.4 Å². The lowest BCUT2D eigenvalue weighted by Gasteiger charge is -2.06. The van der Waals surface area contributed by atoms with E-state index in [1.807, 2.05) is 24.3 Å². The molecule has 1 aliphatic rings. The second-order valence-corrected chi connectivity index (χ2v) is 5.75. The van der Waals surface area contributed by atoms with Gasteiger partial charge in [-0.25, -0.2) is 4.98 Å². The maximum atomic E-state index is 5.85. The molecule has 0 radical (unpaired) electrons. The summed E-state index contributed by atoms with van der Waals surface area (Å²) in [6.45, 7) is 2.05. The Bertz CT molecular complexity index is 534. The summed E-state index contributed by atoms with van der Waals surface area (Å²) in [6, 6.07) is 6.19. The molecular weight excluding hydrogens is 228 g/mol. The molecule has 0 aliphatic heterocycles. The molecule has 2 N–H and O–H groups in total. The molecule has 0 amide bonds. The first kappa shape index (κ1) is 10.8. The van der Waals surface area contributed by atoms with Gasteiger partial charge in [-0.15, -0.1) is 11.3 Å². The lowest BCUT2D eigenvalue weighted by molar-refractivity contribution is 0.682. The van der Waals surface area contributed by atoms with Crippen molar-refractivity contribution in [3.63, 3.8) is 0 Å². The minimum atomic E-state index is 0.857. The summed E-state index contributed by atoms with van der Waals surface area (Å²) in [5, 5.41) is 1.15. The van der Waals surface area contributed by atoms with E-state index in [0.717, 1.165) is 22.7 Å². The van der Waals surface area contributed by atoms with E-state index in [1.54, 1.807) is 0 Å². The Morgan fingerprint density at radius 1 is 1.24 bits per heavy atom. The lowest BCUT2D eigenvalue weighted by Crippen LogP contribution is -1.98. The normalized spacial score (nSPS) is 14.6. The molecule has 0 spiro atoms.